The van der Waals surface area contributed by atoms with E-state index in [9.17, 15) is 19.2 Å². The molecule has 2 heterocycles. The molecule has 9 nitrogen and oxygen atoms in total. The first-order chi connectivity index (χ1) is 16.4. The standard InChI is InChI=1S/C25H28N4O5/c1-34-12-4-11-29-24(32)19-9-8-17(14-20(19)25(29)33)23(31)27-18-6-2-5-16(13-18)15-28-10-3-7-21(28)22(26)30/h2,5-6,8-9,13-14,21H,3-4,7,10-12,15H2,1H3,(H2,26,30)(H,27,31). The van der Waals surface area contributed by atoms with Crippen LogP contribution in [0.15, 0.2) is 42.5 Å². The summed E-state index contributed by atoms with van der Waals surface area (Å²) < 4.78 is 4.99. The number of benzene rings is 2. The highest BCUT2D eigenvalue weighted by molar-refractivity contribution is 6.22. The molecule has 0 spiro atoms. The Kier molecular flexibility index (Phi) is 7.04. The zero-order valence-electron chi connectivity index (χ0n) is 19.1. The SMILES string of the molecule is COCCCN1C(=O)c2ccc(C(=O)Nc3cccc(CN4CCCC4C(N)=O)c3)cc2C1=O. The maximum absolute atomic E-state index is 12.9. The number of nitrogens with two attached hydrogens (primary N) is 1. The Bertz CT molecular complexity index is 1130. The summed E-state index contributed by atoms with van der Waals surface area (Å²) in [6.45, 7) is 2.07. The predicted octanol–water partition coefficient (Wildman–Crippen LogP) is 2.02. The molecule has 4 amide bonds. The number of primary amides is 1. The van der Waals surface area contributed by atoms with Crippen LogP contribution in [0.4, 0.5) is 5.69 Å². The number of amides is 4. The minimum atomic E-state index is -0.401. The van der Waals surface area contributed by atoms with Crippen molar-refractivity contribution in [2.75, 3.05) is 32.1 Å². The number of hydrogen-bond acceptors (Lipinski definition) is 6. The van der Waals surface area contributed by atoms with Crippen LogP contribution < -0.4 is 11.1 Å². The van der Waals surface area contributed by atoms with Crippen molar-refractivity contribution in [2.24, 2.45) is 5.73 Å². The van der Waals surface area contributed by atoms with Gasteiger partial charge < -0.3 is 15.8 Å². The van der Waals surface area contributed by atoms with E-state index in [1.807, 2.05) is 23.1 Å². The van der Waals surface area contributed by atoms with Gasteiger partial charge in [-0.3, -0.25) is 29.0 Å². The number of carbonyl (C=O) groups excluding carboxylic acids is 4. The van der Waals surface area contributed by atoms with E-state index in [-0.39, 0.29) is 41.4 Å². The number of imide groups is 1. The van der Waals surface area contributed by atoms with Crippen molar-refractivity contribution in [1.29, 1.82) is 0 Å². The molecule has 4 rings (SSSR count). The summed E-state index contributed by atoms with van der Waals surface area (Å²) in [6.07, 6.45) is 2.23. The van der Waals surface area contributed by atoms with E-state index < -0.39 is 5.91 Å². The second kappa shape index (κ2) is 10.1. The van der Waals surface area contributed by atoms with E-state index in [4.69, 9.17) is 10.5 Å². The Morgan fingerprint density at radius 3 is 2.68 bits per heavy atom. The van der Waals surface area contributed by atoms with Gasteiger partial charge in [0.15, 0.2) is 0 Å². The molecule has 2 aliphatic heterocycles. The van der Waals surface area contributed by atoms with Gasteiger partial charge in [-0.2, -0.15) is 0 Å². The van der Waals surface area contributed by atoms with Crippen molar-refractivity contribution in [3.05, 3.63) is 64.7 Å². The molecule has 1 atom stereocenters. The number of fused-ring (bicyclic) bond motifs is 1. The summed E-state index contributed by atoms with van der Waals surface area (Å²) in [6, 6.07) is 11.7. The molecular formula is C25H28N4O5. The minimum absolute atomic E-state index is 0.232. The fourth-order valence-electron chi connectivity index (χ4n) is 4.52. The van der Waals surface area contributed by atoms with Gasteiger partial charge >= 0.3 is 0 Å². The van der Waals surface area contributed by atoms with Crippen LogP contribution in [-0.2, 0) is 16.1 Å². The number of hydrogen-bond donors (Lipinski definition) is 2. The number of carbonyl (C=O) groups is 4. The maximum atomic E-state index is 12.9. The molecule has 9 heteroatoms. The zero-order chi connectivity index (χ0) is 24.2. The molecular weight excluding hydrogens is 436 g/mol. The molecule has 34 heavy (non-hydrogen) atoms. The van der Waals surface area contributed by atoms with E-state index in [2.05, 4.69) is 5.32 Å². The van der Waals surface area contributed by atoms with Crippen molar-refractivity contribution in [2.45, 2.75) is 31.8 Å². The summed E-state index contributed by atoms with van der Waals surface area (Å²) in [5, 5.41) is 2.85. The lowest BCUT2D eigenvalue weighted by Gasteiger charge is -2.22. The lowest BCUT2D eigenvalue weighted by molar-refractivity contribution is -0.122. The van der Waals surface area contributed by atoms with Crippen molar-refractivity contribution in [3.63, 3.8) is 0 Å². The van der Waals surface area contributed by atoms with Crippen LogP contribution in [-0.4, -0.2) is 66.3 Å². The number of methoxy groups -OCH3 is 1. The quantitative estimate of drug-likeness (QED) is 0.433. The molecule has 0 aromatic heterocycles. The highest BCUT2D eigenvalue weighted by Gasteiger charge is 2.35. The molecule has 0 saturated carbocycles. The van der Waals surface area contributed by atoms with Crippen LogP contribution in [0, 0.1) is 0 Å². The van der Waals surface area contributed by atoms with Crippen LogP contribution in [0.5, 0.6) is 0 Å². The molecule has 3 N–H and O–H groups in total. The number of anilines is 1. The largest absolute Gasteiger partial charge is 0.385 e. The van der Waals surface area contributed by atoms with Crippen molar-refractivity contribution < 1.29 is 23.9 Å². The average Bonchev–Trinajstić information content (AvgIpc) is 3.37. The molecule has 2 aliphatic rings. The summed E-state index contributed by atoms with van der Waals surface area (Å²) >= 11 is 0. The van der Waals surface area contributed by atoms with Crippen LogP contribution >= 0.6 is 0 Å². The number of rotatable bonds is 9. The van der Waals surface area contributed by atoms with Gasteiger partial charge in [-0.25, -0.2) is 0 Å². The smallest absolute Gasteiger partial charge is 0.261 e. The maximum Gasteiger partial charge on any atom is 0.261 e. The van der Waals surface area contributed by atoms with Gasteiger partial charge in [0.05, 0.1) is 17.2 Å². The normalized spacial score (nSPS) is 17.8. The Morgan fingerprint density at radius 2 is 1.91 bits per heavy atom. The monoisotopic (exact) mass is 464 g/mol. The molecule has 0 radical (unpaired) electrons. The van der Waals surface area contributed by atoms with Crippen molar-refractivity contribution in [1.82, 2.24) is 9.80 Å². The van der Waals surface area contributed by atoms with E-state index >= 15 is 0 Å². The lowest BCUT2D eigenvalue weighted by Crippen LogP contribution is -2.39. The van der Waals surface area contributed by atoms with Crippen molar-refractivity contribution in [3.8, 4) is 0 Å². The molecule has 2 aromatic carbocycles. The molecule has 1 saturated heterocycles. The third kappa shape index (κ3) is 4.85. The third-order valence-electron chi connectivity index (χ3n) is 6.23. The topological polar surface area (TPSA) is 122 Å². The number of ether oxygens (including phenoxy) is 1. The average molecular weight is 465 g/mol. The molecule has 1 unspecified atom stereocenters. The van der Waals surface area contributed by atoms with Gasteiger partial charge in [-0.1, -0.05) is 12.1 Å². The van der Waals surface area contributed by atoms with Gasteiger partial charge in [0.1, 0.15) is 0 Å². The Balaban J connectivity index is 1.44. The highest BCUT2D eigenvalue weighted by Crippen LogP contribution is 2.25. The number of nitrogens with one attached hydrogen (secondary N) is 1. The first kappa shape index (κ1) is 23.6. The Labute approximate surface area is 197 Å². The first-order valence-corrected chi connectivity index (χ1v) is 11.3. The summed E-state index contributed by atoms with van der Waals surface area (Å²) in [5.74, 6) is -1.45. The zero-order valence-corrected chi connectivity index (χ0v) is 19.1. The van der Waals surface area contributed by atoms with Crippen molar-refractivity contribution >= 4 is 29.3 Å². The van der Waals surface area contributed by atoms with Crippen LogP contribution in [0.2, 0.25) is 0 Å². The summed E-state index contributed by atoms with van der Waals surface area (Å²) in [4.78, 5) is 53.0. The predicted molar refractivity (Wildman–Crippen MR) is 125 cm³/mol. The Hall–Kier alpha value is -3.56. The second-order valence-corrected chi connectivity index (χ2v) is 8.55. The van der Waals surface area contributed by atoms with Gasteiger partial charge in [-0.05, 0) is 61.7 Å². The van der Waals surface area contributed by atoms with Crippen LogP contribution in [0.1, 0.15) is 55.9 Å². The van der Waals surface area contributed by atoms with Gasteiger partial charge in [0.25, 0.3) is 17.7 Å². The van der Waals surface area contributed by atoms with E-state index in [1.54, 1.807) is 19.2 Å². The minimum Gasteiger partial charge on any atom is -0.385 e. The molecule has 178 valence electrons. The van der Waals surface area contributed by atoms with Gasteiger partial charge in [-0.15, -0.1) is 0 Å². The second-order valence-electron chi connectivity index (χ2n) is 8.55. The highest BCUT2D eigenvalue weighted by atomic mass is 16.5. The number of likely N-dealkylation sites (tertiary alicyclic amines) is 1. The third-order valence-corrected chi connectivity index (χ3v) is 6.23. The van der Waals surface area contributed by atoms with Crippen LogP contribution in [0.3, 0.4) is 0 Å². The summed E-state index contributed by atoms with van der Waals surface area (Å²) in [5.41, 5.74) is 7.88. The number of nitrogens with zero attached hydrogens (tertiary/aromatic N) is 2. The fourth-order valence-corrected chi connectivity index (χ4v) is 4.52. The first-order valence-electron chi connectivity index (χ1n) is 11.3. The van der Waals surface area contributed by atoms with E-state index in [0.717, 1.165) is 24.9 Å². The Morgan fingerprint density at radius 1 is 1.12 bits per heavy atom. The fraction of sp³-hybridized carbons (Fsp3) is 0.360. The lowest BCUT2D eigenvalue weighted by atomic mass is 10.1. The van der Waals surface area contributed by atoms with Gasteiger partial charge in [0.2, 0.25) is 5.91 Å². The molecule has 0 bridgehead atoms. The molecule has 1 fully saturated rings. The summed E-state index contributed by atoms with van der Waals surface area (Å²) in [7, 11) is 1.56. The van der Waals surface area contributed by atoms with Gasteiger partial charge in [0, 0.05) is 38.1 Å². The molecule has 2 aromatic rings. The van der Waals surface area contributed by atoms with E-state index in [0.29, 0.717) is 30.8 Å². The molecule has 0 aliphatic carbocycles. The van der Waals surface area contributed by atoms with E-state index in [1.165, 1.54) is 17.0 Å². The van der Waals surface area contributed by atoms with Crippen LogP contribution in [0.25, 0.3) is 0 Å².